The van der Waals surface area contributed by atoms with Gasteiger partial charge in [0.2, 0.25) is 0 Å². The van der Waals surface area contributed by atoms with Gasteiger partial charge in [0.05, 0.1) is 25.7 Å². The van der Waals surface area contributed by atoms with Gasteiger partial charge >= 0.3 is 5.97 Å². The largest absolute Gasteiger partial charge is 0.466 e. The van der Waals surface area contributed by atoms with Crippen molar-refractivity contribution in [2.75, 3.05) is 13.7 Å². The van der Waals surface area contributed by atoms with Gasteiger partial charge in [-0.25, -0.2) is 0 Å². The summed E-state index contributed by atoms with van der Waals surface area (Å²) in [6.07, 6.45) is 2.35. The molecule has 0 radical (unpaired) electrons. The fourth-order valence-electron chi connectivity index (χ4n) is 2.64. The predicted octanol–water partition coefficient (Wildman–Crippen LogP) is 2.28. The highest BCUT2D eigenvalue weighted by Gasteiger charge is 2.45. The Morgan fingerprint density at radius 2 is 2.05 bits per heavy atom. The molecule has 0 atom stereocenters. The van der Waals surface area contributed by atoms with Crippen LogP contribution in [-0.4, -0.2) is 31.3 Å². The molecule has 1 aliphatic rings. The average Bonchev–Trinajstić information content (AvgIpc) is 2.42. The monoisotopic (exact) mass is 277 g/mol. The van der Waals surface area contributed by atoms with Crippen LogP contribution < -0.4 is 5.32 Å². The number of ether oxygens (including phenoxy) is 2. The van der Waals surface area contributed by atoms with Crippen LogP contribution in [0.3, 0.4) is 0 Å². The lowest BCUT2D eigenvalue weighted by molar-refractivity contribution is -0.148. The highest BCUT2D eigenvalue weighted by molar-refractivity contribution is 5.71. The Morgan fingerprint density at radius 1 is 1.35 bits per heavy atom. The second-order valence-corrected chi connectivity index (χ2v) is 5.34. The molecule has 1 N–H and O–H groups in total. The van der Waals surface area contributed by atoms with Crippen molar-refractivity contribution < 1.29 is 14.3 Å². The molecule has 1 fully saturated rings. The zero-order valence-corrected chi connectivity index (χ0v) is 12.2. The number of rotatable bonds is 7. The van der Waals surface area contributed by atoms with Gasteiger partial charge in [-0.05, 0) is 32.4 Å². The molecule has 0 unspecified atom stereocenters. The van der Waals surface area contributed by atoms with Crippen molar-refractivity contribution in [3.05, 3.63) is 35.9 Å². The Kier molecular flexibility index (Phi) is 5.15. The molecule has 110 valence electrons. The number of hydrogen-bond acceptors (Lipinski definition) is 4. The summed E-state index contributed by atoms with van der Waals surface area (Å²) < 4.78 is 10.9. The first-order chi connectivity index (χ1) is 9.67. The molecule has 2 rings (SSSR count). The maximum absolute atomic E-state index is 11.6. The van der Waals surface area contributed by atoms with Gasteiger partial charge in [0, 0.05) is 5.54 Å². The second-order valence-electron chi connectivity index (χ2n) is 5.34. The maximum atomic E-state index is 11.6. The Hall–Kier alpha value is -1.39. The van der Waals surface area contributed by atoms with Gasteiger partial charge in [-0.15, -0.1) is 0 Å². The van der Waals surface area contributed by atoms with Gasteiger partial charge in [0.15, 0.2) is 0 Å². The summed E-state index contributed by atoms with van der Waals surface area (Å²) in [5.41, 5.74) is 1.04. The van der Waals surface area contributed by atoms with E-state index in [2.05, 4.69) is 17.4 Å². The summed E-state index contributed by atoms with van der Waals surface area (Å²) >= 11 is 0. The van der Waals surface area contributed by atoms with Crippen molar-refractivity contribution in [2.24, 2.45) is 0 Å². The topological polar surface area (TPSA) is 47.6 Å². The number of benzene rings is 1. The van der Waals surface area contributed by atoms with Gasteiger partial charge in [-0.3, -0.25) is 4.79 Å². The number of esters is 1. The lowest BCUT2D eigenvalue weighted by Gasteiger charge is -2.46. The van der Waals surface area contributed by atoms with E-state index in [0.717, 1.165) is 12.8 Å². The third kappa shape index (κ3) is 3.81. The average molecular weight is 277 g/mol. The molecule has 0 saturated heterocycles. The van der Waals surface area contributed by atoms with Gasteiger partial charge in [0.25, 0.3) is 0 Å². The van der Waals surface area contributed by atoms with Crippen molar-refractivity contribution in [2.45, 2.75) is 44.4 Å². The van der Waals surface area contributed by atoms with Crippen molar-refractivity contribution in [1.82, 2.24) is 5.32 Å². The lowest BCUT2D eigenvalue weighted by atomic mass is 9.72. The molecule has 0 aromatic heterocycles. The van der Waals surface area contributed by atoms with Gasteiger partial charge in [-0.1, -0.05) is 30.3 Å². The van der Waals surface area contributed by atoms with Gasteiger partial charge in [-0.2, -0.15) is 0 Å². The first-order valence-electron chi connectivity index (χ1n) is 7.17. The summed E-state index contributed by atoms with van der Waals surface area (Å²) in [6, 6.07) is 10.1. The molecular weight excluding hydrogens is 254 g/mol. The van der Waals surface area contributed by atoms with Gasteiger partial charge in [0.1, 0.15) is 0 Å². The first-order valence-corrected chi connectivity index (χ1v) is 7.17. The van der Waals surface area contributed by atoms with Crippen molar-refractivity contribution in [1.29, 1.82) is 0 Å². The SMILES string of the molecule is CCOC(=O)CC1(NC)CC(OCc2ccccc2)C1. The van der Waals surface area contributed by atoms with E-state index in [1.807, 2.05) is 32.2 Å². The smallest absolute Gasteiger partial charge is 0.307 e. The summed E-state index contributed by atoms with van der Waals surface area (Å²) in [5.74, 6) is -0.136. The molecule has 4 heteroatoms. The molecule has 1 aromatic rings. The molecule has 0 spiro atoms. The molecule has 4 nitrogen and oxygen atoms in total. The maximum Gasteiger partial charge on any atom is 0.307 e. The van der Waals surface area contributed by atoms with E-state index in [1.165, 1.54) is 5.56 Å². The fraction of sp³-hybridized carbons (Fsp3) is 0.562. The third-order valence-corrected chi connectivity index (χ3v) is 3.88. The van der Waals surface area contributed by atoms with Crippen LogP contribution >= 0.6 is 0 Å². The van der Waals surface area contributed by atoms with E-state index in [1.54, 1.807) is 0 Å². The molecule has 1 aliphatic carbocycles. The Morgan fingerprint density at radius 3 is 2.65 bits per heavy atom. The zero-order chi connectivity index (χ0) is 14.4. The van der Waals surface area contributed by atoms with E-state index in [9.17, 15) is 4.79 Å². The van der Waals surface area contributed by atoms with Crippen molar-refractivity contribution in [3.8, 4) is 0 Å². The fourth-order valence-corrected chi connectivity index (χ4v) is 2.64. The Labute approximate surface area is 120 Å². The summed E-state index contributed by atoms with van der Waals surface area (Å²) in [7, 11) is 1.90. The van der Waals surface area contributed by atoms with Crippen molar-refractivity contribution >= 4 is 5.97 Å². The molecule has 1 aromatic carbocycles. The van der Waals surface area contributed by atoms with E-state index < -0.39 is 0 Å². The molecule has 20 heavy (non-hydrogen) atoms. The highest BCUT2D eigenvalue weighted by atomic mass is 16.5. The summed E-state index contributed by atoms with van der Waals surface area (Å²) in [5, 5.41) is 3.25. The van der Waals surface area contributed by atoms with Crippen molar-refractivity contribution in [3.63, 3.8) is 0 Å². The van der Waals surface area contributed by atoms with E-state index in [4.69, 9.17) is 9.47 Å². The number of carbonyl (C=O) groups excluding carboxylic acids is 1. The van der Waals surface area contributed by atoms with Crippen LogP contribution in [-0.2, 0) is 20.9 Å². The van der Waals surface area contributed by atoms with Crippen LogP contribution in [0, 0.1) is 0 Å². The van der Waals surface area contributed by atoms with E-state index in [-0.39, 0.29) is 17.6 Å². The number of nitrogens with one attached hydrogen (secondary N) is 1. The standard InChI is InChI=1S/C16H23NO3/c1-3-19-15(18)11-16(17-2)9-14(10-16)20-12-13-7-5-4-6-8-13/h4-8,14,17H,3,9-12H2,1-2H3. The molecule has 0 bridgehead atoms. The van der Waals surface area contributed by atoms with Crippen LogP contribution in [0.15, 0.2) is 30.3 Å². The predicted molar refractivity (Wildman–Crippen MR) is 77.3 cm³/mol. The normalized spacial score (nSPS) is 25.0. The van der Waals surface area contributed by atoms with Crippen LogP contribution in [0.2, 0.25) is 0 Å². The lowest BCUT2D eigenvalue weighted by Crippen LogP contribution is -2.58. The quantitative estimate of drug-likeness (QED) is 0.777. The minimum atomic E-state index is -0.145. The first kappa shape index (κ1) is 15.0. The van der Waals surface area contributed by atoms with Crippen LogP contribution in [0.4, 0.5) is 0 Å². The minimum absolute atomic E-state index is 0.136. The highest BCUT2D eigenvalue weighted by Crippen LogP contribution is 2.37. The zero-order valence-electron chi connectivity index (χ0n) is 12.2. The molecule has 0 aliphatic heterocycles. The molecule has 0 amide bonds. The summed E-state index contributed by atoms with van der Waals surface area (Å²) in [4.78, 5) is 11.6. The van der Waals surface area contributed by atoms with Crippen LogP contribution in [0.25, 0.3) is 0 Å². The Bertz CT molecular complexity index is 427. The minimum Gasteiger partial charge on any atom is -0.466 e. The van der Waals surface area contributed by atoms with Crippen LogP contribution in [0.1, 0.15) is 31.7 Å². The van der Waals surface area contributed by atoms with Gasteiger partial charge < -0.3 is 14.8 Å². The second kappa shape index (κ2) is 6.86. The molecular formula is C16H23NO3. The molecule has 1 saturated carbocycles. The third-order valence-electron chi connectivity index (χ3n) is 3.88. The molecule has 0 heterocycles. The van der Waals surface area contributed by atoms with E-state index in [0.29, 0.717) is 19.6 Å². The summed E-state index contributed by atoms with van der Waals surface area (Å²) in [6.45, 7) is 2.90. The Balaban J connectivity index is 1.75. The number of hydrogen-bond donors (Lipinski definition) is 1. The van der Waals surface area contributed by atoms with Crippen LogP contribution in [0.5, 0.6) is 0 Å². The van der Waals surface area contributed by atoms with E-state index >= 15 is 0 Å². The number of carbonyl (C=O) groups is 1.